The zero-order chi connectivity index (χ0) is 25.1. The van der Waals surface area contributed by atoms with Crippen molar-refractivity contribution in [1.29, 1.82) is 0 Å². The minimum absolute atomic E-state index is 0.00494. The van der Waals surface area contributed by atoms with Crippen molar-refractivity contribution < 1.29 is 28.3 Å². The summed E-state index contributed by atoms with van der Waals surface area (Å²) in [7, 11) is 1.67. The van der Waals surface area contributed by atoms with E-state index in [1.165, 1.54) is 16.1 Å². The van der Waals surface area contributed by atoms with Gasteiger partial charge in [-0.25, -0.2) is 4.98 Å². The molecule has 1 aromatic heterocycles. The van der Waals surface area contributed by atoms with Crippen LogP contribution in [0.15, 0.2) is 47.1 Å². The molecule has 4 rings (SSSR count). The van der Waals surface area contributed by atoms with Gasteiger partial charge >= 0.3 is 0 Å². The molecule has 0 radical (unpaired) electrons. The largest absolute Gasteiger partial charge is 0.485 e. The third-order valence-corrected chi connectivity index (χ3v) is 5.80. The van der Waals surface area contributed by atoms with Crippen LogP contribution in [0.3, 0.4) is 0 Å². The monoisotopic (exact) mass is 477 g/mol. The average molecular weight is 478 g/mol. The molecule has 2 aromatic carbocycles. The molecule has 1 aliphatic heterocycles. The average Bonchev–Trinajstić information content (AvgIpc) is 3.32. The Bertz CT molecular complexity index is 1280. The number of carbonyl (C=O) groups excluding carboxylic acids is 3. The predicted octanol–water partition coefficient (Wildman–Crippen LogP) is 3.57. The number of hydrogen-bond donors (Lipinski definition) is 0. The highest BCUT2D eigenvalue weighted by Gasteiger charge is 2.29. The molecule has 0 atom stereocenters. The molecular formula is C26H27N3O6. The van der Waals surface area contributed by atoms with Crippen molar-refractivity contribution in [3.63, 3.8) is 0 Å². The molecule has 3 aromatic rings. The first-order valence-corrected chi connectivity index (χ1v) is 11.3. The Morgan fingerprint density at radius 1 is 1.17 bits per heavy atom. The van der Waals surface area contributed by atoms with Gasteiger partial charge in [-0.2, -0.15) is 0 Å². The molecule has 9 heteroatoms. The Kier molecular flexibility index (Phi) is 6.86. The molecule has 1 aliphatic rings. The second kappa shape index (κ2) is 10.0. The van der Waals surface area contributed by atoms with Gasteiger partial charge in [0.2, 0.25) is 5.89 Å². The van der Waals surface area contributed by atoms with Crippen molar-refractivity contribution in [2.24, 2.45) is 0 Å². The molecule has 0 saturated heterocycles. The van der Waals surface area contributed by atoms with Crippen LogP contribution < -0.4 is 14.4 Å². The van der Waals surface area contributed by atoms with E-state index in [4.69, 9.17) is 13.9 Å². The summed E-state index contributed by atoms with van der Waals surface area (Å²) < 4.78 is 16.7. The fourth-order valence-corrected chi connectivity index (χ4v) is 3.69. The lowest BCUT2D eigenvalue weighted by molar-refractivity contribution is -0.121. The summed E-state index contributed by atoms with van der Waals surface area (Å²) in [5.41, 5.74) is 3.03. The number of fused-ring (bicyclic) bond motifs is 1. The summed E-state index contributed by atoms with van der Waals surface area (Å²) in [4.78, 5) is 45.0. The van der Waals surface area contributed by atoms with Crippen molar-refractivity contribution in [2.45, 2.75) is 27.3 Å². The number of ketones is 1. The zero-order valence-corrected chi connectivity index (χ0v) is 20.2. The van der Waals surface area contributed by atoms with Gasteiger partial charge in [-0.15, -0.1) is 0 Å². The Hall–Kier alpha value is -4.14. The molecule has 0 N–H and O–H groups in total. The maximum absolute atomic E-state index is 12.9. The highest BCUT2D eigenvalue weighted by Crippen LogP contribution is 2.34. The van der Waals surface area contributed by atoms with E-state index in [9.17, 15) is 14.4 Å². The molecule has 0 unspecified atom stereocenters. The van der Waals surface area contributed by atoms with Crippen molar-refractivity contribution >= 4 is 23.3 Å². The number of ether oxygens (including phenoxy) is 2. The van der Waals surface area contributed by atoms with Crippen LogP contribution in [0.2, 0.25) is 0 Å². The Labute approximate surface area is 203 Å². The smallest absolute Gasteiger partial charge is 0.275 e. The molecule has 182 valence electrons. The minimum Gasteiger partial charge on any atom is -0.485 e. The Balaban J connectivity index is 1.52. The molecular weight excluding hydrogens is 450 g/mol. The second-order valence-electron chi connectivity index (χ2n) is 8.38. The van der Waals surface area contributed by atoms with Gasteiger partial charge in [-0.3, -0.25) is 19.3 Å². The first-order valence-electron chi connectivity index (χ1n) is 11.3. The summed E-state index contributed by atoms with van der Waals surface area (Å²) in [6, 6.07) is 10.6. The number of oxazole rings is 1. The molecule has 0 saturated carbocycles. The summed E-state index contributed by atoms with van der Waals surface area (Å²) in [6.45, 7) is 6.00. The van der Waals surface area contributed by atoms with E-state index in [2.05, 4.69) is 4.98 Å². The SMILES string of the molecule is CCN(C)C(=O)c1coc(CN2C(=O)COc3ccc(C(=O)COc4ccc(C)cc4C)cc32)n1. The van der Waals surface area contributed by atoms with Gasteiger partial charge in [-0.1, -0.05) is 17.7 Å². The van der Waals surface area contributed by atoms with Gasteiger partial charge < -0.3 is 18.8 Å². The van der Waals surface area contributed by atoms with Gasteiger partial charge in [0.25, 0.3) is 11.8 Å². The summed E-state index contributed by atoms with van der Waals surface area (Å²) in [5, 5.41) is 0. The van der Waals surface area contributed by atoms with E-state index < -0.39 is 0 Å². The van der Waals surface area contributed by atoms with Crippen LogP contribution in [-0.4, -0.2) is 54.3 Å². The highest BCUT2D eigenvalue weighted by atomic mass is 16.5. The van der Waals surface area contributed by atoms with E-state index in [0.29, 0.717) is 29.3 Å². The van der Waals surface area contributed by atoms with Crippen LogP contribution in [0, 0.1) is 13.8 Å². The number of rotatable bonds is 8. The third kappa shape index (κ3) is 5.18. The first kappa shape index (κ1) is 24.0. The van der Waals surface area contributed by atoms with Crippen LogP contribution in [-0.2, 0) is 11.3 Å². The van der Waals surface area contributed by atoms with E-state index in [-0.39, 0.29) is 48.9 Å². The molecule has 9 nitrogen and oxygen atoms in total. The van der Waals surface area contributed by atoms with Crippen LogP contribution in [0.1, 0.15) is 44.8 Å². The highest BCUT2D eigenvalue weighted by molar-refractivity contribution is 6.02. The normalized spacial score (nSPS) is 12.7. The van der Waals surface area contributed by atoms with Crippen LogP contribution >= 0.6 is 0 Å². The molecule has 0 spiro atoms. The molecule has 0 aliphatic carbocycles. The molecule has 0 fully saturated rings. The van der Waals surface area contributed by atoms with E-state index >= 15 is 0 Å². The van der Waals surface area contributed by atoms with E-state index in [0.717, 1.165) is 11.1 Å². The van der Waals surface area contributed by atoms with Gasteiger partial charge in [0, 0.05) is 19.2 Å². The number of aromatic nitrogens is 1. The van der Waals surface area contributed by atoms with E-state index in [1.807, 2.05) is 39.0 Å². The number of nitrogens with zero attached hydrogens (tertiary/aromatic N) is 3. The number of Topliss-reactive ketones (excluding diaryl/α,β-unsaturated/α-hetero) is 1. The van der Waals surface area contributed by atoms with Gasteiger partial charge in [0.1, 0.15) is 24.3 Å². The maximum atomic E-state index is 12.9. The molecule has 2 heterocycles. The topological polar surface area (TPSA) is 102 Å². The van der Waals surface area contributed by atoms with E-state index in [1.54, 1.807) is 25.2 Å². The number of anilines is 1. The van der Waals surface area contributed by atoms with Gasteiger partial charge in [0.15, 0.2) is 24.7 Å². The second-order valence-corrected chi connectivity index (χ2v) is 8.38. The van der Waals surface area contributed by atoms with Crippen molar-refractivity contribution in [3.05, 3.63) is 70.9 Å². The van der Waals surface area contributed by atoms with Crippen LogP contribution in [0.25, 0.3) is 0 Å². The van der Waals surface area contributed by atoms with Crippen molar-refractivity contribution in [3.8, 4) is 11.5 Å². The predicted molar refractivity (Wildman–Crippen MR) is 128 cm³/mol. The molecule has 2 amide bonds. The number of hydrogen-bond acceptors (Lipinski definition) is 7. The maximum Gasteiger partial charge on any atom is 0.275 e. The zero-order valence-electron chi connectivity index (χ0n) is 20.2. The summed E-state index contributed by atoms with van der Waals surface area (Å²) >= 11 is 0. The third-order valence-electron chi connectivity index (χ3n) is 5.80. The van der Waals surface area contributed by atoms with Crippen LogP contribution in [0.4, 0.5) is 5.69 Å². The lowest BCUT2D eigenvalue weighted by Crippen LogP contribution is -2.38. The standard InChI is InChI=1S/C26H27N3O6/c1-5-28(4)26(32)19-13-35-24(27-19)12-29-20-11-18(7-9-23(20)34-15-25(29)31)21(30)14-33-22-8-6-16(2)10-17(22)3/h6-11,13H,5,12,14-15H2,1-4H3. The molecule has 0 bridgehead atoms. The quantitative estimate of drug-likeness (QED) is 0.457. The number of aryl methyl sites for hydroxylation is 2. The van der Waals surface area contributed by atoms with Gasteiger partial charge in [-0.05, 0) is 50.6 Å². The lowest BCUT2D eigenvalue weighted by Gasteiger charge is -2.28. The minimum atomic E-state index is -0.314. The lowest BCUT2D eigenvalue weighted by atomic mass is 10.1. The Morgan fingerprint density at radius 2 is 1.97 bits per heavy atom. The van der Waals surface area contributed by atoms with Crippen molar-refractivity contribution in [1.82, 2.24) is 9.88 Å². The fourth-order valence-electron chi connectivity index (χ4n) is 3.69. The number of amides is 2. The first-order chi connectivity index (χ1) is 16.8. The van der Waals surface area contributed by atoms with Crippen LogP contribution in [0.5, 0.6) is 11.5 Å². The number of benzene rings is 2. The van der Waals surface area contributed by atoms with Crippen molar-refractivity contribution in [2.75, 3.05) is 31.7 Å². The fraction of sp³-hybridized carbons (Fsp3) is 0.308. The Morgan fingerprint density at radius 3 is 2.71 bits per heavy atom. The summed E-state index contributed by atoms with van der Waals surface area (Å²) in [5.74, 6) is 0.486. The van der Waals surface area contributed by atoms with Gasteiger partial charge in [0.05, 0.1) is 5.69 Å². The summed E-state index contributed by atoms with van der Waals surface area (Å²) in [6.07, 6.45) is 1.28. The molecule has 35 heavy (non-hydrogen) atoms. The number of carbonyl (C=O) groups is 3.